The van der Waals surface area contributed by atoms with Gasteiger partial charge in [0.15, 0.2) is 0 Å². The zero-order valence-electron chi connectivity index (χ0n) is 26.6. The maximum Gasteiger partial charge on any atom is 0.253 e. The number of hydrogen-bond donors (Lipinski definition) is 0. The summed E-state index contributed by atoms with van der Waals surface area (Å²) in [6, 6.07) is 21.3. The van der Waals surface area contributed by atoms with Crippen LogP contribution in [0.3, 0.4) is 0 Å². The quantitative estimate of drug-likeness (QED) is 0.192. The third-order valence-electron chi connectivity index (χ3n) is 7.89. The zero-order valence-corrected chi connectivity index (χ0v) is 27.4. The van der Waals surface area contributed by atoms with Crippen molar-refractivity contribution >= 4 is 33.8 Å². The van der Waals surface area contributed by atoms with E-state index < -0.39 is 0 Å². The highest BCUT2D eigenvalue weighted by molar-refractivity contribution is 6.63. The molecule has 1 aliphatic heterocycles. The first kappa shape index (κ1) is 34.0. The molecule has 0 saturated carbocycles. The van der Waals surface area contributed by atoms with Gasteiger partial charge in [0.25, 0.3) is 5.91 Å². The molecule has 0 atom stereocenters. The highest BCUT2D eigenvalue weighted by Crippen LogP contribution is 2.22. The Balaban J connectivity index is 0.000000323. The number of imidazole rings is 1. The molecule has 1 amide bonds. The Labute approximate surface area is 270 Å². The van der Waals surface area contributed by atoms with Gasteiger partial charge in [-0.3, -0.25) is 14.5 Å². The van der Waals surface area contributed by atoms with Crippen molar-refractivity contribution in [3.05, 3.63) is 89.2 Å². The van der Waals surface area contributed by atoms with E-state index in [1.807, 2.05) is 55.1 Å². The van der Waals surface area contributed by atoms with Gasteiger partial charge in [0.2, 0.25) is 5.24 Å². The summed E-state index contributed by atoms with van der Waals surface area (Å²) in [7, 11) is 3.28. The monoisotopic (exact) mass is 634 g/mol. The maximum atomic E-state index is 12.9. The van der Waals surface area contributed by atoms with Gasteiger partial charge >= 0.3 is 0 Å². The van der Waals surface area contributed by atoms with Crippen molar-refractivity contribution in [2.75, 3.05) is 60.2 Å². The fourth-order valence-corrected chi connectivity index (χ4v) is 5.44. The second-order valence-corrected chi connectivity index (χ2v) is 11.1. The van der Waals surface area contributed by atoms with Gasteiger partial charge in [0.05, 0.1) is 38.5 Å². The van der Waals surface area contributed by atoms with Crippen LogP contribution in [0.15, 0.2) is 66.7 Å². The standard InChI is InChI=1S/C26H34N4O3.C9H9ClO2/c1-4-29(5-2)26(31)21-8-11-24-23(19-21)27-25(18-20-6-9-22(32-3)10-7-20)30(24)13-12-28-14-16-33-17-15-28;1-12-8-4-2-7(3-5-8)6-9(10)11/h6-11,19H,4-5,12-18H2,1-3H3;2-5H,6H2,1H3. The Bertz CT molecular complexity index is 1530. The van der Waals surface area contributed by atoms with Crippen LogP contribution in [0, 0.1) is 0 Å². The molecule has 0 aliphatic carbocycles. The van der Waals surface area contributed by atoms with Crippen LogP contribution < -0.4 is 9.47 Å². The lowest BCUT2D eigenvalue weighted by Crippen LogP contribution is -2.38. The number of carbonyl (C=O) groups excluding carboxylic acids is 2. The van der Waals surface area contributed by atoms with Crippen molar-refractivity contribution in [2.24, 2.45) is 0 Å². The van der Waals surface area contributed by atoms with Crippen LogP contribution in [-0.4, -0.2) is 90.7 Å². The average molecular weight is 635 g/mol. The number of aromatic nitrogens is 2. The van der Waals surface area contributed by atoms with Gasteiger partial charge in [-0.15, -0.1) is 0 Å². The third-order valence-corrected chi connectivity index (χ3v) is 8.03. The molecule has 2 heterocycles. The molecule has 0 radical (unpaired) electrons. The fourth-order valence-electron chi connectivity index (χ4n) is 5.29. The number of nitrogens with zero attached hydrogens (tertiary/aromatic N) is 4. The number of morpholine rings is 1. The zero-order chi connectivity index (χ0) is 32.2. The number of carbonyl (C=O) groups is 2. The number of hydrogen-bond acceptors (Lipinski definition) is 7. The SMILES string of the molecule is CCN(CC)C(=O)c1ccc2c(c1)nc(Cc1ccc(OC)cc1)n2CCN1CCOCC1.COc1ccc(CC(=O)Cl)cc1. The second kappa shape index (κ2) is 17.0. The van der Waals surface area contributed by atoms with E-state index in [1.165, 1.54) is 5.56 Å². The van der Waals surface area contributed by atoms with Crippen LogP contribution in [0.1, 0.15) is 41.2 Å². The van der Waals surface area contributed by atoms with Gasteiger partial charge in [-0.2, -0.15) is 0 Å². The normalized spacial score (nSPS) is 13.2. The Morgan fingerprint density at radius 1 is 0.867 bits per heavy atom. The van der Waals surface area contributed by atoms with E-state index in [-0.39, 0.29) is 17.6 Å². The van der Waals surface area contributed by atoms with Crippen molar-refractivity contribution < 1.29 is 23.8 Å². The summed E-state index contributed by atoms with van der Waals surface area (Å²) in [6.45, 7) is 10.7. The number of benzene rings is 3. The predicted octanol–water partition coefficient (Wildman–Crippen LogP) is 5.45. The van der Waals surface area contributed by atoms with Crippen molar-refractivity contribution in [2.45, 2.75) is 33.2 Å². The highest BCUT2D eigenvalue weighted by atomic mass is 35.5. The largest absolute Gasteiger partial charge is 0.497 e. The van der Waals surface area contributed by atoms with Gasteiger partial charge in [-0.05, 0) is 79.0 Å². The lowest BCUT2D eigenvalue weighted by Gasteiger charge is -2.27. The summed E-state index contributed by atoms with van der Waals surface area (Å²) in [5.41, 5.74) is 4.72. The third kappa shape index (κ3) is 9.53. The first-order valence-corrected chi connectivity index (χ1v) is 15.8. The van der Waals surface area contributed by atoms with Crippen LogP contribution in [0.5, 0.6) is 11.5 Å². The molecule has 9 nitrogen and oxygen atoms in total. The van der Waals surface area contributed by atoms with E-state index in [2.05, 4.69) is 27.7 Å². The Morgan fingerprint density at radius 3 is 2.02 bits per heavy atom. The van der Waals surface area contributed by atoms with E-state index in [1.54, 1.807) is 26.4 Å². The van der Waals surface area contributed by atoms with E-state index in [0.29, 0.717) is 18.7 Å². The highest BCUT2D eigenvalue weighted by Gasteiger charge is 2.18. The number of ether oxygens (including phenoxy) is 3. The fraction of sp³-hybridized carbons (Fsp3) is 0.400. The molecule has 240 valence electrons. The molecular weight excluding hydrogens is 592 g/mol. The van der Waals surface area contributed by atoms with E-state index >= 15 is 0 Å². The second-order valence-electron chi connectivity index (χ2n) is 10.7. The predicted molar refractivity (Wildman–Crippen MR) is 178 cm³/mol. The summed E-state index contributed by atoms with van der Waals surface area (Å²) in [5.74, 6) is 2.69. The van der Waals surface area contributed by atoms with Crippen LogP contribution in [0.2, 0.25) is 0 Å². The molecule has 3 aromatic carbocycles. The van der Waals surface area contributed by atoms with Crippen molar-refractivity contribution in [1.82, 2.24) is 19.4 Å². The molecule has 0 N–H and O–H groups in total. The number of rotatable bonds is 12. The molecule has 0 unspecified atom stereocenters. The molecule has 0 spiro atoms. The summed E-state index contributed by atoms with van der Waals surface area (Å²) < 4.78 is 18.1. The summed E-state index contributed by atoms with van der Waals surface area (Å²) in [6.07, 6.45) is 0.993. The number of amides is 1. The molecule has 10 heteroatoms. The molecule has 1 aromatic heterocycles. The molecule has 1 aliphatic rings. The number of fused-ring (bicyclic) bond motifs is 1. The smallest absolute Gasteiger partial charge is 0.253 e. The minimum absolute atomic E-state index is 0.0569. The molecule has 4 aromatic rings. The summed E-state index contributed by atoms with van der Waals surface area (Å²) in [4.78, 5) is 32.7. The first-order valence-electron chi connectivity index (χ1n) is 15.4. The number of halogens is 1. The van der Waals surface area contributed by atoms with Crippen LogP contribution in [0.4, 0.5) is 0 Å². The Kier molecular flexibility index (Phi) is 12.8. The van der Waals surface area contributed by atoms with Gasteiger partial charge in [-0.1, -0.05) is 24.3 Å². The van der Waals surface area contributed by atoms with Crippen LogP contribution in [-0.2, 0) is 28.9 Å². The molecule has 1 saturated heterocycles. The number of methoxy groups -OCH3 is 2. The van der Waals surface area contributed by atoms with Gasteiger partial charge in [0.1, 0.15) is 17.3 Å². The van der Waals surface area contributed by atoms with E-state index in [4.69, 9.17) is 30.8 Å². The molecule has 1 fully saturated rings. The van der Waals surface area contributed by atoms with Crippen LogP contribution >= 0.6 is 11.6 Å². The van der Waals surface area contributed by atoms with Crippen molar-refractivity contribution in [3.8, 4) is 11.5 Å². The lowest BCUT2D eigenvalue weighted by molar-refractivity contribution is -0.111. The van der Waals surface area contributed by atoms with E-state index in [9.17, 15) is 9.59 Å². The molecular formula is C35H43ClN4O5. The Hall–Kier alpha value is -3.92. The van der Waals surface area contributed by atoms with Gasteiger partial charge in [0, 0.05) is 57.7 Å². The van der Waals surface area contributed by atoms with E-state index in [0.717, 1.165) is 79.7 Å². The van der Waals surface area contributed by atoms with Crippen LogP contribution in [0.25, 0.3) is 11.0 Å². The molecule has 5 rings (SSSR count). The molecule has 0 bridgehead atoms. The Morgan fingerprint density at radius 2 is 1.47 bits per heavy atom. The average Bonchev–Trinajstić information content (AvgIpc) is 3.41. The van der Waals surface area contributed by atoms with Crippen molar-refractivity contribution in [1.29, 1.82) is 0 Å². The maximum absolute atomic E-state index is 12.9. The first-order chi connectivity index (χ1) is 21.8. The van der Waals surface area contributed by atoms with Crippen molar-refractivity contribution in [3.63, 3.8) is 0 Å². The lowest BCUT2D eigenvalue weighted by atomic mass is 10.1. The van der Waals surface area contributed by atoms with Gasteiger partial charge in [-0.25, -0.2) is 4.98 Å². The molecule has 45 heavy (non-hydrogen) atoms. The topological polar surface area (TPSA) is 86.1 Å². The summed E-state index contributed by atoms with van der Waals surface area (Å²) in [5, 5.41) is -0.347. The van der Waals surface area contributed by atoms with Gasteiger partial charge < -0.3 is 23.7 Å². The minimum Gasteiger partial charge on any atom is -0.497 e. The minimum atomic E-state index is -0.347. The summed E-state index contributed by atoms with van der Waals surface area (Å²) >= 11 is 5.22.